The second kappa shape index (κ2) is 9.42. The summed E-state index contributed by atoms with van der Waals surface area (Å²) in [6.07, 6.45) is -0.519. The van der Waals surface area contributed by atoms with Crippen LogP contribution in [-0.2, 0) is 4.79 Å². The van der Waals surface area contributed by atoms with Crippen LogP contribution in [0, 0.1) is 6.92 Å². The van der Waals surface area contributed by atoms with E-state index in [1.807, 2.05) is 72.5 Å². The van der Waals surface area contributed by atoms with Crippen molar-refractivity contribution in [1.82, 2.24) is 20.1 Å². The van der Waals surface area contributed by atoms with Gasteiger partial charge in [0, 0.05) is 31.9 Å². The average molecular weight is 419 g/mol. The molecule has 1 fully saturated rings. The molecule has 3 aromatic rings. The van der Waals surface area contributed by atoms with E-state index in [-0.39, 0.29) is 5.91 Å². The summed E-state index contributed by atoms with van der Waals surface area (Å²) in [6.45, 7) is 6.38. The zero-order valence-electron chi connectivity index (χ0n) is 17.7. The quantitative estimate of drug-likeness (QED) is 0.659. The van der Waals surface area contributed by atoms with Crippen LogP contribution in [0.25, 0.3) is 0 Å². The minimum atomic E-state index is -0.519. The fourth-order valence-electron chi connectivity index (χ4n) is 3.47. The normalized spacial score (nSPS) is 14.8. The van der Waals surface area contributed by atoms with E-state index in [0.29, 0.717) is 37.7 Å². The minimum absolute atomic E-state index is 0.000195. The maximum absolute atomic E-state index is 12.7. The van der Waals surface area contributed by atoms with Crippen LogP contribution < -0.4 is 15.0 Å². The van der Waals surface area contributed by atoms with Crippen LogP contribution >= 0.6 is 0 Å². The lowest BCUT2D eigenvalue weighted by Crippen LogP contribution is -2.52. The van der Waals surface area contributed by atoms with Crippen LogP contribution in [0.3, 0.4) is 0 Å². The maximum Gasteiger partial charge on any atom is 0.263 e. The molecule has 1 amide bonds. The van der Waals surface area contributed by atoms with Crippen molar-refractivity contribution in [3.63, 3.8) is 0 Å². The summed E-state index contributed by atoms with van der Waals surface area (Å²) in [5, 5.41) is 11.8. The van der Waals surface area contributed by atoms with Gasteiger partial charge < -0.3 is 19.9 Å². The number of aryl methyl sites for hydroxylation is 1. The lowest BCUT2D eigenvalue weighted by Gasteiger charge is -2.36. The number of hydrogen-bond donors (Lipinski definition) is 1. The topological polar surface area (TPSA) is 83.5 Å². The molecule has 1 aromatic carbocycles. The van der Waals surface area contributed by atoms with E-state index in [1.165, 1.54) is 0 Å². The summed E-state index contributed by atoms with van der Waals surface area (Å²) in [6, 6.07) is 19.0. The number of aromatic nitrogens is 3. The first-order valence-corrected chi connectivity index (χ1v) is 10.4. The molecule has 0 bridgehead atoms. The highest BCUT2D eigenvalue weighted by molar-refractivity contribution is 5.81. The van der Waals surface area contributed by atoms with Gasteiger partial charge >= 0.3 is 0 Å². The number of rotatable bonds is 6. The Morgan fingerprint density at radius 1 is 0.935 bits per heavy atom. The van der Waals surface area contributed by atoms with Crippen LogP contribution in [0.1, 0.15) is 12.6 Å². The average Bonchev–Trinajstić information content (AvgIpc) is 2.80. The third-order valence-electron chi connectivity index (χ3n) is 5.11. The van der Waals surface area contributed by atoms with Gasteiger partial charge in [0.25, 0.3) is 5.91 Å². The minimum Gasteiger partial charge on any atom is -0.481 e. The number of ether oxygens (including phenoxy) is 1. The summed E-state index contributed by atoms with van der Waals surface area (Å²) in [5.41, 5.74) is 0.936. The third kappa shape index (κ3) is 5.28. The summed E-state index contributed by atoms with van der Waals surface area (Å²) < 4.78 is 5.77. The highest BCUT2D eigenvalue weighted by atomic mass is 16.5. The predicted octanol–water partition coefficient (Wildman–Crippen LogP) is 3.04. The number of para-hydroxylation sites is 1. The Kier molecular flexibility index (Phi) is 6.26. The molecule has 8 heteroatoms. The molecule has 1 unspecified atom stereocenters. The van der Waals surface area contributed by atoms with Crippen LogP contribution in [0.15, 0.2) is 60.7 Å². The second-order valence-electron chi connectivity index (χ2n) is 7.45. The molecule has 4 rings (SSSR count). The predicted molar refractivity (Wildman–Crippen MR) is 120 cm³/mol. The molecule has 1 atom stereocenters. The number of anilines is 3. The van der Waals surface area contributed by atoms with Gasteiger partial charge in [0.2, 0.25) is 0 Å². The largest absolute Gasteiger partial charge is 0.481 e. The van der Waals surface area contributed by atoms with Crippen molar-refractivity contribution >= 4 is 23.4 Å². The Morgan fingerprint density at radius 3 is 2.39 bits per heavy atom. The van der Waals surface area contributed by atoms with Crippen LogP contribution in [0.5, 0.6) is 5.75 Å². The summed E-state index contributed by atoms with van der Waals surface area (Å²) in [7, 11) is 0. The highest BCUT2D eigenvalue weighted by Gasteiger charge is 2.26. The third-order valence-corrected chi connectivity index (χ3v) is 5.11. The van der Waals surface area contributed by atoms with E-state index in [9.17, 15) is 4.79 Å². The first-order chi connectivity index (χ1) is 15.1. The molecule has 1 saturated heterocycles. The van der Waals surface area contributed by atoms with Crippen molar-refractivity contribution < 1.29 is 9.53 Å². The van der Waals surface area contributed by atoms with E-state index in [4.69, 9.17) is 4.74 Å². The number of nitrogens with one attached hydrogen (secondary N) is 1. The molecule has 8 nitrogen and oxygen atoms in total. The van der Waals surface area contributed by atoms with Gasteiger partial charge in [-0.3, -0.25) is 4.79 Å². The Bertz CT molecular complexity index is 1000. The Morgan fingerprint density at radius 2 is 1.71 bits per heavy atom. The van der Waals surface area contributed by atoms with Gasteiger partial charge in [0.15, 0.2) is 17.7 Å². The number of piperazine rings is 1. The molecular formula is C23H26N6O2. The standard InChI is InChI=1S/C23H26N6O2/c1-17-7-6-10-20(24-17)25-21-11-12-22(27-26-21)28-13-15-29(16-14-28)23(30)18(2)31-19-8-4-3-5-9-19/h3-12,18H,13-16H2,1-2H3,(H,24,25,26). The molecule has 1 aliphatic heterocycles. The van der Waals surface area contributed by atoms with Gasteiger partial charge in [-0.05, 0) is 50.2 Å². The fraction of sp³-hybridized carbons (Fsp3) is 0.304. The van der Waals surface area contributed by atoms with Crippen molar-refractivity contribution in [2.24, 2.45) is 0 Å². The van der Waals surface area contributed by atoms with Crippen molar-refractivity contribution in [1.29, 1.82) is 0 Å². The molecule has 3 heterocycles. The maximum atomic E-state index is 12.7. The van der Waals surface area contributed by atoms with E-state index in [0.717, 1.165) is 17.3 Å². The van der Waals surface area contributed by atoms with E-state index < -0.39 is 6.10 Å². The number of amides is 1. The number of nitrogens with zero attached hydrogens (tertiary/aromatic N) is 5. The Labute approximate surface area is 181 Å². The van der Waals surface area contributed by atoms with E-state index >= 15 is 0 Å². The number of pyridine rings is 1. The van der Waals surface area contributed by atoms with Gasteiger partial charge in [0.1, 0.15) is 11.6 Å². The molecule has 31 heavy (non-hydrogen) atoms. The van der Waals surface area contributed by atoms with Gasteiger partial charge in [-0.15, -0.1) is 10.2 Å². The summed E-state index contributed by atoms with van der Waals surface area (Å²) in [4.78, 5) is 21.1. The Balaban J connectivity index is 1.29. The Hall–Kier alpha value is -3.68. The first kappa shape index (κ1) is 20.6. The molecule has 0 saturated carbocycles. The monoisotopic (exact) mass is 418 g/mol. The molecule has 2 aromatic heterocycles. The zero-order valence-corrected chi connectivity index (χ0v) is 17.7. The van der Waals surface area contributed by atoms with Crippen LogP contribution in [0.4, 0.5) is 17.5 Å². The van der Waals surface area contributed by atoms with E-state index in [1.54, 1.807) is 6.92 Å². The second-order valence-corrected chi connectivity index (χ2v) is 7.45. The molecular weight excluding hydrogens is 392 g/mol. The molecule has 0 spiro atoms. The zero-order chi connectivity index (χ0) is 21.6. The molecule has 1 aliphatic rings. The number of carbonyl (C=O) groups is 1. The van der Waals surface area contributed by atoms with Gasteiger partial charge in [-0.1, -0.05) is 24.3 Å². The number of hydrogen-bond acceptors (Lipinski definition) is 7. The highest BCUT2D eigenvalue weighted by Crippen LogP contribution is 2.18. The SMILES string of the molecule is Cc1cccc(Nc2ccc(N3CCN(C(=O)C(C)Oc4ccccc4)CC3)nn2)n1. The number of benzene rings is 1. The van der Waals surface area contributed by atoms with Gasteiger partial charge in [0.05, 0.1) is 0 Å². The summed E-state index contributed by atoms with van der Waals surface area (Å²) in [5.74, 6) is 2.87. The van der Waals surface area contributed by atoms with Crippen LogP contribution in [-0.4, -0.2) is 58.3 Å². The van der Waals surface area contributed by atoms with Gasteiger partial charge in [-0.25, -0.2) is 4.98 Å². The van der Waals surface area contributed by atoms with Crippen LogP contribution in [0.2, 0.25) is 0 Å². The van der Waals surface area contributed by atoms with E-state index in [2.05, 4.69) is 25.4 Å². The first-order valence-electron chi connectivity index (χ1n) is 10.4. The fourth-order valence-corrected chi connectivity index (χ4v) is 3.47. The molecule has 0 radical (unpaired) electrons. The summed E-state index contributed by atoms with van der Waals surface area (Å²) >= 11 is 0. The van der Waals surface area contributed by atoms with Crippen molar-refractivity contribution in [3.8, 4) is 5.75 Å². The molecule has 0 aliphatic carbocycles. The smallest absolute Gasteiger partial charge is 0.263 e. The van der Waals surface area contributed by atoms with Crippen molar-refractivity contribution in [2.75, 3.05) is 36.4 Å². The molecule has 1 N–H and O–H groups in total. The number of carbonyl (C=O) groups excluding carboxylic acids is 1. The van der Waals surface area contributed by atoms with Crippen molar-refractivity contribution in [2.45, 2.75) is 20.0 Å². The molecule has 160 valence electrons. The lowest BCUT2D eigenvalue weighted by atomic mass is 10.2. The lowest BCUT2D eigenvalue weighted by molar-refractivity contribution is -0.138. The van der Waals surface area contributed by atoms with Crippen molar-refractivity contribution in [3.05, 3.63) is 66.4 Å². The van der Waals surface area contributed by atoms with Gasteiger partial charge in [-0.2, -0.15) is 0 Å².